The lowest BCUT2D eigenvalue weighted by Gasteiger charge is -2.20. The molecule has 1 fully saturated rings. The smallest absolute Gasteiger partial charge is 0.285 e. The van der Waals surface area contributed by atoms with Crippen LogP contribution >= 0.6 is 24.0 Å². The molecule has 0 unspecified atom stereocenters. The number of rotatable bonds is 5. The van der Waals surface area contributed by atoms with Crippen molar-refractivity contribution in [2.75, 3.05) is 11.6 Å². The first-order valence-corrected chi connectivity index (χ1v) is 9.75. The van der Waals surface area contributed by atoms with Gasteiger partial charge in [0.15, 0.2) is 4.32 Å². The molecule has 2 heterocycles. The molecule has 2 aromatic rings. The number of ether oxygens (including phenoxy) is 1. The van der Waals surface area contributed by atoms with Crippen molar-refractivity contribution < 1.29 is 9.53 Å². The summed E-state index contributed by atoms with van der Waals surface area (Å²) < 4.78 is 8.10. The quantitative estimate of drug-likeness (QED) is 0.552. The van der Waals surface area contributed by atoms with Crippen molar-refractivity contribution in [3.05, 3.63) is 58.3 Å². The molecule has 0 aliphatic carbocycles. The second kappa shape index (κ2) is 7.68. The van der Waals surface area contributed by atoms with Gasteiger partial charge in [-0.15, -0.1) is 0 Å². The third-order valence-corrected chi connectivity index (χ3v) is 5.25. The Hall–Kier alpha value is -2.05. The molecule has 1 aromatic heterocycles. The average molecular weight is 387 g/mol. The van der Waals surface area contributed by atoms with Gasteiger partial charge < -0.3 is 4.74 Å². The molecule has 0 bridgehead atoms. The second-order valence-corrected chi connectivity index (χ2v) is 8.37. The molecule has 1 aliphatic heterocycles. The number of aryl methyl sites for hydroxylation is 2. The Bertz CT molecular complexity index is 847. The van der Waals surface area contributed by atoms with Gasteiger partial charge in [-0.25, -0.2) is 0 Å². The van der Waals surface area contributed by atoms with Gasteiger partial charge in [-0.05, 0) is 67.9 Å². The van der Waals surface area contributed by atoms with Crippen LogP contribution in [0.15, 0.2) is 41.3 Å². The van der Waals surface area contributed by atoms with Crippen LogP contribution in [0.3, 0.4) is 0 Å². The van der Waals surface area contributed by atoms with Crippen LogP contribution in [0, 0.1) is 19.8 Å². The van der Waals surface area contributed by atoms with Gasteiger partial charge in [-0.1, -0.05) is 37.7 Å². The molecule has 0 N–H and O–H groups in total. The van der Waals surface area contributed by atoms with Crippen molar-refractivity contribution in [1.29, 1.82) is 0 Å². The number of hydrogen-bond donors (Lipinski definition) is 0. The molecule has 0 saturated carbocycles. The normalized spacial score (nSPS) is 16.2. The average Bonchev–Trinajstić information content (AvgIpc) is 3.06. The van der Waals surface area contributed by atoms with Gasteiger partial charge in [-0.2, -0.15) is 5.01 Å². The summed E-state index contributed by atoms with van der Waals surface area (Å²) in [7, 11) is 0. The van der Waals surface area contributed by atoms with Gasteiger partial charge in [0.2, 0.25) is 0 Å². The van der Waals surface area contributed by atoms with E-state index in [4.69, 9.17) is 17.0 Å². The fourth-order valence-corrected chi connectivity index (χ4v) is 3.92. The van der Waals surface area contributed by atoms with E-state index in [9.17, 15) is 4.79 Å². The summed E-state index contributed by atoms with van der Waals surface area (Å²) in [5.74, 6) is 1.22. The minimum Gasteiger partial charge on any atom is -0.493 e. The van der Waals surface area contributed by atoms with E-state index in [0.29, 0.717) is 21.8 Å². The molecular weight excluding hydrogens is 364 g/mol. The van der Waals surface area contributed by atoms with E-state index in [1.54, 1.807) is 5.01 Å². The second-order valence-electron chi connectivity index (χ2n) is 6.70. The zero-order valence-corrected chi connectivity index (χ0v) is 17.0. The van der Waals surface area contributed by atoms with Gasteiger partial charge in [0.25, 0.3) is 5.91 Å². The minimum atomic E-state index is -0.0949. The Morgan fingerprint density at radius 1 is 1.12 bits per heavy atom. The zero-order valence-electron chi connectivity index (χ0n) is 15.4. The number of hydrogen-bond acceptors (Lipinski definition) is 4. The van der Waals surface area contributed by atoms with Crippen molar-refractivity contribution in [2.24, 2.45) is 5.92 Å². The highest BCUT2D eigenvalue weighted by Gasteiger charge is 2.34. The number of amides is 1. The fourth-order valence-electron chi connectivity index (χ4n) is 2.68. The molecule has 3 rings (SSSR count). The summed E-state index contributed by atoms with van der Waals surface area (Å²) in [6.45, 7) is 8.85. The molecule has 1 amide bonds. The summed E-state index contributed by atoms with van der Waals surface area (Å²) in [6, 6.07) is 11.7. The van der Waals surface area contributed by atoms with Crippen molar-refractivity contribution in [3.63, 3.8) is 0 Å². The maximum atomic E-state index is 12.9. The molecule has 6 heteroatoms. The van der Waals surface area contributed by atoms with Gasteiger partial charge in [0.1, 0.15) is 5.75 Å². The molecule has 1 aromatic carbocycles. The Labute approximate surface area is 163 Å². The van der Waals surface area contributed by atoms with Crippen molar-refractivity contribution in [1.82, 2.24) is 4.68 Å². The maximum absolute atomic E-state index is 12.9. The molecule has 136 valence electrons. The number of carbonyl (C=O) groups excluding carboxylic acids is 1. The number of aromatic nitrogens is 1. The highest BCUT2D eigenvalue weighted by Crippen LogP contribution is 2.33. The van der Waals surface area contributed by atoms with E-state index in [1.807, 2.05) is 61.0 Å². The Morgan fingerprint density at radius 2 is 1.73 bits per heavy atom. The van der Waals surface area contributed by atoms with Crippen LogP contribution in [0.4, 0.5) is 0 Å². The summed E-state index contributed by atoms with van der Waals surface area (Å²) in [5.41, 5.74) is 2.90. The van der Waals surface area contributed by atoms with Crippen LogP contribution in [0.2, 0.25) is 0 Å². The Balaban J connectivity index is 1.80. The number of thiocarbonyl (C=S) groups is 1. The molecule has 1 saturated heterocycles. The fraction of sp³-hybridized carbons (Fsp3) is 0.300. The van der Waals surface area contributed by atoms with Gasteiger partial charge >= 0.3 is 0 Å². The van der Waals surface area contributed by atoms with Crippen molar-refractivity contribution in [2.45, 2.75) is 27.7 Å². The lowest BCUT2D eigenvalue weighted by Crippen LogP contribution is -2.39. The van der Waals surface area contributed by atoms with Gasteiger partial charge in [-0.3, -0.25) is 9.47 Å². The molecule has 0 spiro atoms. The lowest BCUT2D eigenvalue weighted by molar-refractivity contribution is -0.114. The number of nitrogens with zero attached hydrogens (tertiary/aromatic N) is 2. The van der Waals surface area contributed by atoms with E-state index in [1.165, 1.54) is 11.8 Å². The molecular formula is C20H22N2O2S2. The largest absolute Gasteiger partial charge is 0.493 e. The van der Waals surface area contributed by atoms with Crippen LogP contribution in [-0.4, -0.2) is 21.5 Å². The van der Waals surface area contributed by atoms with Crippen LogP contribution in [0.1, 0.15) is 30.8 Å². The van der Waals surface area contributed by atoms with Crippen LogP contribution in [0.5, 0.6) is 5.75 Å². The molecule has 0 radical (unpaired) electrons. The summed E-state index contributed by atoms with van der Waals surface area (Å²) >= 11 is 6.77. The lowest BCUT2D eigenvalue weighted by atomic mass is 10.2. The summed E-state index contributed by atoms with van der Waals surface area (Å²) in [5, 5.41) is 1.57. The SMILES string of the molecule is Cc1ccc(C)n1N1C(=O)/C(=C/c2ccc(OCC(C)C)cc2)SC1=S. The Kier molecular flexibility index (Phi) is 5.53. The summed E-state index contributed by atoms with van der Waals surface area (Å²) in [6.07, 6.45) is 1.87. The predicted octanol–water partition coefficient (Wildman–Crippen LogP) is 4.68. The zero-order chi connectivity index (χ0) is 18.8. The predicted molar refractivity (Wildman–Crippen MR) is 112 cm³/mol. The molecule has 4 nitrogen and oxygen atoms in total. The van der Waals surface area contributed by atoms with E-state index < -0.39 is 0 Å². The number of benzene rings is 1. The highest BCUT2D eigenvalue weighted by molar-refractivity contribution is 8.27. The standard InChI is InChI=1S/C20H22N2O2S2/c1-13(2)12-24-17-9-7-16(8-10-17)11-18-19(23)22(20(25)26-18)21-14(3)5-6-15(21)4/h5-11,13H,12H2,1-4H3/b18-11-. The molecule has 1 aliphatic rings. The highest BCUT2D eigenvalue weighted by atomic mass is 32.2. The van der Waals surface area contributed by atoms with Crippen LogP contribution in [-0.2, 0) is 4.79 Å². The van der Waals surface area contributed by atoms with Gasteiger partial charge in [0.05, 0.1) is 11.5 Å². The van der Waals surface area contributed by atoms with Crippen LogP contribution < -0.4 is 9.75 Å². The molecule has 26 heavy (non-hydrogen) atoms. The van der Waals surface area contributed by atoms with E-state index in [2.05, 4.69) is 13.8 Å². The number of thioether (sulfide) groups is 1. The van der Waals surface area contributed by atoms with Crippen molar-refractivity contribution in [3.8, 4) is 5.75 Å². The van der Waals surface area contributed by atoms with E-state index >= 15 is 0 Å². The van der Waals surface area contributed by atoms with Crippen LogP contribution in [0.25, 0.3) is 6.08 Å². The maximum Gasteiger partial charge on any atom is 0.285 e. The van der Waals surface area contributed by atoms with E-state index in [0.717, 1.165) is 22.7 Å². The van der Waals surface area contributed by atoms with E-state index in [-0.39, 0.29) is 5.91 Å². The first-order valence-electron chi connectivity index (χ1n) is 8.53. The third kappa shape index (κ3) is 3.86. The van der Waals surface area contributed by atoms with Gasteiger partial charge in [0, 0.05) is 11.4 Å². The number of carbonyl (C=O) groups is 1. The topological polar surface area (TPSA) is 34.5 Å². The Morgan fingerprint density at radius 3 is 2.31 bits per heavy atom. The monoisotopic (exact) mass is 386 g/mol. The third-order valence-electron chi connectivity index (χ3n) is 3.97. The first-order chi connectivity index (χ1) is 12.4. The molecule has 0 atom stereocenters. The van der Waals surface area contributed by atoms with Crippen molar-refractivity contribution >= 4 is 40.3 Å². The first kappa shape index (κ1) is 18.7. The minimum absolute atomic E-state index is 0.0949. The summed E-state index contributed by atoms with van der Waals surface area (Å²) in [4.78, 5) is 13.5.